The lowest BCUT2D eigenvalue weighted by atomic mass is 9.87. The Morgan fingerprint density at radius 3 is 0.629 bits per heavy atom. The molecule has 20 heteroatoms. The number of rotatable bonds is 0. The molecule has 0 atom stereocenters. The smallest absolute Gasteiger partial charge is 0.186 e. The van der Waals surface area contributed by atoms with Crippen LogP contribution in [0.3, 0.4) is 0 Å². The van der Waals surface area contributed by atoms with Crippen LogP contribution in [0.1, 0.15) is 105 Å². The van der Waals surface area contributed by atoms with Gasteiger partial charge in [-0.2, -0.15) is 0 Å². The van der Waals surface area contributed by atoms with E-state index in [0.717, 1.165) is 22.3 Å². The largest absolute Gasteiger partial charge is 0.452 e. The van der Waals surface area contributed by atoms with Gasteiger partial charge < -0.3 is 28.1 Å². The van der Waals surface area contributed by atoms with Gasteiger partial charge in [0.2, 0.25) is 0 Å². The molecular formula is C50H52Cl12O6P2. The molecule has 0 amide bonds. The number of ether oxygens (including phenoxy) is 4. The topological polar surface area (TPSA) is 71.1 Å². The fourth-order valence-electron chi connectivity index (χ4n) is 8.03. The minimum absolute atomic E-state index is 0.217. The summed E-state index contributed by atoms with van der Waals surface area (Å²) in [5.41, 5.74) is 3.28. The zero-order valence-electron chi connectivity index (χ0n) is 40.1. The summed E-state index contributed by atoms with van der Waals surface area (Å²) in [6, 6.07) is 24.0. The lowest BCUT2D eigenvalue weighted by Crippen LogP contribution is -2.41. The van der Waals surface area contributed by atoms with Gasteiger partial charge >= 0.3 is 0 Å². The summed E-state index contributed by atoms with van der Waals surface area (Å²) in [6.07, 6.45) is 0. The third-order valence-electron chi connectivity index (χ3n) is 11.4. The molecule has 0 radical (unpaired) electrons. The molecule has 382 valence electrons. The first-order valence-electron chi connectivity index (χ1n) is 21.4. The predicted molar refractivity (Wildman–Crippen MR) is 306 cm³/mol. The first-order valence-corrected chi connectivity index (χ1v) is 30.1. The van der Waals surface area contributed by atoms with Crippen LogP contribution in [0.2, 0.25) is 0 Å². The molecule has 4 heterocycles. The monoisotopic (exact) mass is 1230 g/mol. The van der Waals surface area contributed by atoms with Crippen LogP contribution in [0.5, 0.6) is 46.0 Å². The molecule has 0 saturated carbocycles. The molecule has 0 N–H and O–H groups in total. The second kappa shape index (κ2) is 22.4. The van der Waals surface area contributed by atoms with Crippen molar-refractivity contribution in [2.75, 3.05) is 0 Å². The number of fused-ring (bicyclic) bond motifs is 10. The Bertz CT molecular complexity index is 2480. The number of hydrogen-bond donors (Lipinski definition) is 0. The maximum atomic E-state index is 16.7. The normalized spacial score (nSPS) is 15.0. The van der Waals surface area contributed by atoms with Crippen molar-refractivity contribution in [1.82, 2.24) is 0 Å². The number of hydrogen-bond acceptors (Lipinski definition) is 6. The van der Waals surface area contributed by atoms with E-state index in [9.17, 15) is 0 Å². The summed E-state index contributed by atoms with van der Waals surface area (Å²) >= 11 is 57.7. The van der Waals surface area contributed by atoms with Gasteiger partial charge in [0.1, 0.15) is 33.6 Å². The Balaban J connectivity index is 0.000000500. The standard InChI is InChI=1S/C46H48O6P2.4CHCl3/c1-43(2,3)25-13-17-29-33(21-25)53(47)34-22-26(44(4,5)6)14-18-30(34)50-38-40-42-39(37(49-29)41(38)53)51-31-19-15-27(45(7,8)9)23-35(31)54(42,48)36-24-28(46(10,11)12)16-20-32(36)52-40;4*2-1(3)4/h13-24H,1-12H3;4*1H. The molecule has 0 saturated heterocycles. The van der Waals surface area contributed by atoms with E-state index in [0.29, 0.717) is 54.8 Å². The predicted octanol–water partition coefficient (Wildman–Crippen LogP) is 18.5. The van der Waals surface area contributed by atoms with E-state index in [1.54, 1.807) is 0 Å². The maximum absolute atomic E-state index is 16.7. The molecule has 4 aliphatic rings. The van der Waals surface area contributed by atoms with E-state index >= 15 is 9.13 Å². The summed E-state index contributed by atoms with van der Waals surface area (Å²) in [5, 5.41) is 3.17. The molecular weight excluding hydrogens is 1180 g/mol. The van der Waals surface area contributed by atoms with Crippen LogP contribution >= 0.6 is 153 Å². The third-order valence-corrected chi connectivity index (χ3v) is 17.6. The Hall–Kier alpha value is -0.760. The second-order valence-corrected chi connectivity index (χ2v) is 33.5. The molecule has 9 rings (SSSR count). The van der Waals surface area contributed by atoms with Gasteiger partial charge in [-0.05, 0) is 92.4 Å². The first-order chi connectivity index (χ1) is 31.9. The van der Waals surface area contributed by atoms with E-state index in [2.05, 4.69) is 83.1 Å². The van der Waals surface area contributed by atoms with Crippen LogP contribution in [0.4, 0.5) is 0 Å². The molecule has 0 fully saturated rings. The number of halogens is 12. The Labute approximate surface area is 472 Å². The summed E-state index contributed by atoms with van der Waals surface area (Å²) in [6.45, 7) is 25.8. The highest BCUT2D eigenvalue weighted by molar-refractivity contribution is 7.87. The Morgan fingerprint density at radius 2 is 0.486 bits per heavy atom. The van der Waals surface area contributed by atoms with Gasteiger partial charge in [0.25, 0.3) is 0 Å². The quantitative estimate of drug-likeness (QED) is 0.111. The SMILES string of the molecule is CC(C)(C)c1ccc2c(c1)P1(=O)c3cc(C(C)(C)C)ccc3Oc3c4c5c(c(c31)O2)Oc1ccc(C(C)(C)C)cc1P5(=O)c1cc(C(C)(C)C)ccc1O4.ClC(Cl)Cl.ClC(Cl)Cl.ClC(Cl)Cl.ClC(Cl)Cl. The van der Waals surface area contributed by atoms with Gasteiger partial charge in [-0.1, -0.05) is 247 Å². The summed E-state index contributed by atoms with van der Waals surface area (Å²) in [5.74, 6) is 2.98. The molecule has 0 unspecified atom stereocenters. The fourth-order valence-corrected chi connectivity index (χ4v) is 14.3. The lowest BCUT2D eigenvalue weighted by molar-refractivity contribution is 0.394. The van der Waals surface area contributed by atoms with Crippen LogP contribution in [-0.4, -0.2) is 17.2 Å². The fraction of sp³-hybridized carbons (Fsp3) is 0.400. The van der Waals surface area contributed by atoms with Crippen LogP contribution in [0.25, 0.3) is 0 Å². The van der Waals surface area contributed by atoms with Crippen molar-refractivity contribution in [3.63, 3.8) is 0 Å². The van der Waals surface area contributed by atoms with E-state index < -0.39 is 31.5 Å². The van der Waals surface area contributed by atoms with E-state index in [4.69, 9.17) is 158 Å². The Morgan fingerprint density at radius 1 is 0.329 bits per heavy atom. The minimum Gasteiger partial charge on any atom is -0.452 e. The van der Waals surface area contributed by atoms with Crippen LogP contribution in [0, 0.1) is 0 Å². The summed E-state index contributed by atoms with van der Waals surface area (Å²) in [7, 11) is -7.48. The average Bonchev–Trinajstić information content (AvgIpc) is 3.19. The molecule has 0 aliphatic carbocycles. The summed E-state index contributed by atoms with van der Waals surface area (Å²) in [4.78, 5) is 0. The van der Waals surface area contributed by atoms with Crippen molar-refractivity contribution < 1.29 is 28.1 Å². The molecule has 6 nitrogen and oxygen atoms in total. The zero-order chi connectivity index (χ0) is 53.0. The van der Waals surface area contributed by atoms with Crippen molar-refractivity contribution in [3.05, 3.63) is 95.1 Å². The average molecular weight is 1240 g/mol. The third kappa shape index (κ3) is 12.9. The van der Waals surface area contributed by atoms with Crippen LogP contribution in [0.15, 0.2) is 72.8 Å². The molecule has 70 heavy (non-hydrogen) atoms. The van der Waals surface area contributed by atoms with E-state index in [-0.39, 0.29) is 44.7 Å². The van der Waals surface area contributed by atoms with Gasteiger partial charge in [0, 0.05) is 0 Å². The highest BCUT2D eigenvalue weighted by atomic mass is 35.6. The van der Waals surface area contributed by atoms with Crippen molar-refractivity contribution in [1.29, 1.82) is 0 Å². The second-order valence-electron chi connectivity index (χ2n) is 20.4. The first kappa shape index (κ1) is 60.1. The molecule has 0 bridgehead atoms. The van der Waals surface area contributed by atoms with Gasteiger partial charge in [-0.15, -0.1) is 0 Å². The molecule has 0 spiro atoms. The van der Waals surface area contributed by atoms with Crippen molar-refractivity contribution in [3.8, 4) is 46.0 Å². The zero-order valence-corrected chi connectivity index (χ0v) is 51.0. The van der Waals surface area contributed by atoms with Gasteiger partial charge in [0.15, 0.2) is 54.5 Å². The number of benzene rings is 5. The van der Waals surface area contributed by atoms with Gasteiger partial charge in [0.05, 0.1) is 21.2 Å². The minimum atomic E-state index is -3.74. The van der Waals surface area contributed by atoms with Crippen molar-refractivity contribution >= 4 is 185 Å². The highest BCUT2D eigenvalue weighted by Gasteiger charge is 2.56. The molecule has 0 aromatic heterocycles. The van der Waals surface area contributed by atoms with Crippen molar-refractivity contribution in [2.45, 2.75) is 122 Å². The van der Waals surface area contributed by atoms with E-state index in [1.807, 2.05) is 72.8 Å². The van der Waals surface area contributed by atoms with Crippen LogP contribution in [-0.2, 0) is 30.8 Å². The molecule has 5 aromatic rings. The van der Waals surface area contributed by atoms with Crippen LogP contribution < -0.4 is 50.8 Å². The lowest BCUT2D eigenvalue weighted by Gasteiger charge is -2.42. The van der Waals surface area contributed by atoms with E-state index in [1.165, 1.54) is 0 Å². The number of alkyl halides is 12. The van der Waals surface area contributed by atoms with Gasteiger partial charge in [-0.3, -0.25) is 0 Å². The molecule has 5 aromatic carbocycles. The van der Waals surface area contributed by atoms with Gasteiger partial charge in [-0.25, -0.2) is 0 Å². The summed E-state index contributed by atoms with van der Waals surface area (Å²) < 4.78 is 57.9. The Kier molecular flexibility index (Phi) is 19.3. The maximum Gasteiger partial charge on any atom is 0.186 e. The van der Waals surface area contributed by atoms with Crippen molar-refractivity contribution in [2.24, 2.45) is 0 Å². The highest BCUT2D eigenvalue weighted by Crippen LogP contribution is 2.68. The molecule has 4 aliphatic heterocycles.